The van der Waals surface area contributed by atoms with Gasteiger partial charge in [0.1, 0.15) is 5.69 Å². The van der Waals surface area contributed by atoms with Crippen molar-refractivity contribution in [3.05, 3.63) is 69.2 Å². The first-order valence-electron chi connectivity index (χ1n) is 8.61. The fourth-order valence-corrected chi connectivity index (χ4v) is 3.17. The Balaban J connectivity index is 1.68. The van der Waals surface area contributed by atoms with Gasteiger partial charge in [-0.2, -0.15) is 0 Å². The van der Waals surface area contributed by atoms with Crippen LogP contribution in [0, 0.1) is 10.1 Å². The van der Waals surface area contributed by atoms with E-state index in [1.807, 2.05) is 29.2 Å². The third-order valence-corrected chi connectivity index (χ3v) is 4.88. The molecule has 0 aromatic heterocycles. The number of benzene rings is 2. The Labute approximate surface area is 162 Å². The lowest BCUT2D eigenvalue weighted by Crippen LogP contribution is -2.48. The van der Waals surface area contributed by atoms with Crippen LogP contribution in [0.15, 0.2) is 48.5 Å². The molecule has 8 heteroatoms. The molecule has 2 aromatic rings. The van der Waals surface area contributed by atoms with E-state index in [-0.39, 0.29) is 23.4 Å². The molecular formula is C19H20ClN3O4. The van der Waals surface area contributed by atoms with Crippen molar-refractivity contribution < 1.29 is 14.5 Å². The van der Waals surface area contributed by atoms with Crippen LogP contribution in [0.25, 0.3) is 0 Å². The molecule has 3 rings (SSSR count). The molecule has 1 heterocycles. The molecule has 27 heavy (non-hydrogen) atoms. The maximum atomic E-state index is 12.6. The van der Waals surface area contributed by atoms with Gasteiger partial charge in [-0.3, -0.25) is 19.8 Å². The van der Waals surface area contributed by atoms with E-state index in [0.29, 0.717) is 24.7 Å². The molecule has 0 aliphatic carbocycles. The van der Waals surface area contributed by atoms with E-state index in [4.69, 9.17) is 16.3 Å². The number of nitro groups is 1. The van der Waals surface area contributed by atoms with E-state index in [9.17, 15) is 14.9 Å². The minimum atomic E-state index is -0.508. The van der Waals surface area contributed by atoms with Crippen LogP contribution in [-0.4, -0.2) is 41.5 Å². The highest BCUT2D eigenvalue weighted by atomic mass is 35.5. The van der Waals surface area contributed by atoms with Crippen molar-refractivity contribution in [3.8, 4) is 0 Å². The van der Waals surface area contributed by atoms with Crippen molar-refractivity contribution in [2.45, 2.75) is 19.1 Å². The first-order valence-corrected chi connectivity index (χ1v) is 8.99. The first-order chi connectivity index (χ1) is 13.0. The smallest absolute Gasteiger partial charge is 0.292 e. The number of nitrogens with zero attached hydrogens (tertiary/aromatic N) is 2. The zero-order chi connectivity index (χ0) is 19.4. The number of hydrogen-bond acceptors (Lipinski definition) is 5. The molecule has 2 unspecified atom stereocenters. The Hall–Kier alpha value is -2.48. The van der Waals surface area contributed by atoms with E-state index in [0.717, 1.165) is 5.56 Å². The van der Waals surface area contributed by atoms with E-state index in [2.05, 4.69) is 5.32 Å². The summed E-state index contributed by atoms with van der Waals surface area (Å²) in [7, 11) is 0. The molecule has 7 nitrogen and oxygen atoms in total. The number of nitrogens with one attached hydrogen (secondary N) is 1. The molecule has 1 aliphatic rings. The van der Waals surface area contributed by atoms with Gasteiger partial charge in [0.25, 0.3) is 5.69 Å². The SMILES string of the molecule is CC(C(=O)Nc1ccccc1[N+](=O)[O-])N1CCOC(c2ccc(Cl)cc2)C1. The molecule has 0 saturated carbocycles. The zero-order valence-electron chi connectivity index (χ0n) is 14.8. The van der Waals surface area contributed by atoms with Gasteiger partial charge in [0, 0.05) is 24.2 Å². The summed E-state index contributed by atoms with van der Waals surface area (Å²) >= 11 is 5.93. The lowest BCUT2D eigenvalue weighted by atomic mass is 10.1. The fourth-order valence-electron chi connectivity index (χ4n) is 3.04. The van der Waals surface area contributed by atoms with Crippen molar-refractivity contribution in [1.29, 1.82) is 0 Å². The van der Waals surface area contributed by atoms with Gasteiger partial charge in [-0.1, -0.05) is 35.9 Å². The molecule has 2 aromatic carbocycles. The zero-order valence-corrected chi connectivity index (χ0v) is 15.6. The lowest BCUT2D eigenvalue weighted by Gasteiger charge is -2.36. The Morgan fingerprint density at radius 2 is 2.00 bits per heavy atom. The molecule has 1 amide bonds. The number of amides is 1. The summed E-state index contributed by atoms with van der Waals surface area (Å²) in [6, 6.07) is 13.1. The van der Waals surface area contributed by atoms with Gasteiger partial charge in [0.15, 0.2) is 0 Å². The van der Waals surface area contributed by atoms with Crippen molar-refractivity contribution in [3.63, 3.8) is 0 Å². The van der Waals surface area contributed by atoms with E-state index in [1.54, 1.807) is 19.1 Å². The van der Waals surface area contributed by atoms with Gasteiger partial charge in [-0.15, -0.1) is 0 Å². The quantitative estimate of drug-likeness (QED) is 0.623. The van der Waals surface area contributed by atoms with Crippen LogP contribution >= 0.6 is 11.6 Å². The summed E-state index contributed by atoms with van der Waals surface area (Å²) < 4.78 is 5.83. The number of anilines is 1. The second kappa shape index (κ2) is 8.47. The highest BCUT2D eigenvalue weighted by Gasteiger charge is 2.29. The fraction of sp³-hybridized carbons (Fsp3) is 0.316. The van der Waals surface area contributed by atoms with Crippen molar-refractivity contribution in [1.82, 2.24) is 4.90 Å². The maximum Gasteiger partial charge on any atom is 0.292 e. The van der Waals surface area contributed by atoms with Gasteiger partial charge < -0.3 is 10.1 Å². The molecule has 0 spiro atoms. The van der Waals surface area contributed by atoms with Gasteiger partial charge in [-0.05, 0) is 30.7 Å². The van der Waals surface area contributed by atoms with Gasteiger partial charge >= 0.3 is 0 Å². The van der Waals surface area contributed by atoms with Crippen molar-refractivity contribution in [2.24, 2.45) is 0 Å². The Kier molecular flexibility index (Phi) is 6.05. The predicted molar refractivity (Wildman–Crippen MR) is 103 cm³/mol. The second-order valence-corrected chi connectivity index (χ2v) is 6.78. The van der Waals surface area contributed by atoms with Crippen molar-refractivity contribution in [2.75, 3.05) is 25.0 Å². The molecule has 1 N–H and O–H groups in total. The molecule has 142 valence electrons. The van der Waals surface area contributed by atoms with Crippen LogP contribution < -0.4 is 5.32 Å². The number of nitro benzene ring substituents is 1. The molecule has 1 saturated heterocycles. The normalized spacial score (nSPS) is 18.7. The number of hydrogen-bond donors (Lipinski definition) is 1. The Morgan fingerprint density at radius 1 is 1.30 bits per heavy atom. The number of rotatable bonds is 5. The third kappa shape index (κ3) is 4.63. The lowest BCUT2D eigenvalue weighted by molar-refractivity contribution is -0.383. The highest BCUT2D eigenvalue weighted by Crippen LogP contribution is 2.26. The van der Waals surface area contributed by atoms with Crippen LogP contribution in [-0.2, 0) is 9.53 Å². The summed E-state index contributed by atoms with van der Waals surface area (Å²) in [5, 5.41) is 14.4. The van der Waals surface area contributed by atoms with Crippen LogP contribution in [0.1, 0.15) is 18.6 Å². The summed E-state index contributed by atoms with van der Waals surface area (Å²) in [5.41, 5.74) is 1.07. The van der Waals surface area contributed by atoms with Crippen LogP contribution in [0.4, 0.5) is 11.4 Å². The molecule has 2 atom stereocenters. The largest absolute Gasteiger partial charge is 0.371 e. The molecule has 1 fully saturated rings. The molecular weight excluding hydrogens is 370 g/mol. The second-order valence-electron chi connectivity index (χ2n) is 6.35. The van der Waals surface area contributed by atoms with Crippen LogP contribution in [0.5, 0.6) is 0 Å². The van der Waals surface area contributed by atoms with Gasteiger partial charge in [0.05, 0.1) is 23.7 Å². The minimum absolute atomic E-state index is 0.126. The molecule has 0 bridgehead atoms. The average Bonchev–Trinajstić information content (AvgIpc) is 2.68. The summed E-state index contributed by atoms with van der Waals surface area (Å²) in [6.45, 7) is 3.44. The van der Waals surface area contributed by atoms with E-state index < -0.39 is 11.0 Å². The van der Waals surface area contributed by atoms with Crippen LogP contribution in [0.2, 0.25) is 5.02 Å². The Morgan fingerprint density at radius 3 is 2.70 bits per heavy atom. The first kappa shape index (κ1) is 19.3. The topological polar surface area (TPSA) is 84.7 Å². The number of halogens is 1. The number of morpholine rings is 1. The number of para-hydroxylation sites is 2. The number of carbonyl (C=O) groups excluding carboxylic acids is 1. The van der Waals surface area contributed by atoms with Crippen molar-refractivity contribution >= 4 is 28.9 Å². The minimum Gasteiger partial charge on any atom is -0.371 e. The Bertz CT molecular complexity index is 828. The monoisotopic (exact) mass is 389 g/mol. The molecule has 0 radical (unpaired) electrons. The average molecular weight is 390 g/mol. The maximum absolute atomic E-state index is 12.6. The van der Waals surface area contributed by atoms with Crippen LogP contribution in [0.3, 0.4) is 0 Å². The number of carbonyl (C=O) groups is 1. The number of ether oxygens (including phenoxy) is 1. The third-order valence-electron chi connectivity index (χ3n) is 4.63. The standard InChI is InChI=1S/C19H20ClN3O4/c1-13(19(24)21-16-4-2-3-5-17(16)23(25)26)22-10-11-27-18(12-22)14-6-8-15(20)9-7-14/h2-9,13,18H,10-12H2,1H3,(H,21,24). The predicted octanol–water partition coefficient (Wildman–Crippen LogP) is 3.65. The van der Waals surface area contributed by atoms with Gasteiger partial charge in [-0.25, -0.2) is 0 Å². The van der Waals surface area contributed by atoms with Gasteiger partial charge in [0.2, 0.25) is 5.91 Å². The summed E-state index contributed by atoms with van der Waals surface area (Å²) in [5.74, 6) is -0.291. The summed E-state index contributed by atoms with van der Waals surface area (Å²) in [4.78, 5) is 25.3. The molecule has 1 aliphatic heterocycles. The summed E-state index contributed by atoms with van der Waals surface area (Å²) in [6.07, 6.45) is -0.155. The van der Waals surface area contributed by atoms with E-state index >= 15 is 0 Å². The van der Waals surface area contributed by atoms with E-state index in [1.165, 1.54) is 12.1 Å². The highest BCUT2D eigenvalue weighted by molar-refractivity contribution is 6.30.